The molecule has 3 fully saturated rings. The maximum atomic E-state index is 12.4. The van der Waals surface area contributed by atoms with Gasteiger partial charge in [0.15, 0.2) is 5.96 Å². The summed E-state index contributed by atoms with van der Waals surface area (Å²) in [7, 11) is 0. The van der Waals surface area contributed by atoms with Crippen LogP contribution in [0.5, 0.6) is 0 Å². The van der Waals surface area contributed by atoms with Crippen molar-refractivity contribution in [3.63, 3.8) is 0 Å². The number of amides is 1. The number of nitrogens with one attached hydrogen (secondary N) is 1. The van der Waals surface area contributed by atoms with Crippen LogP contribution in [0.15, 0.2) is 4.99 Å². The largest absolute Gasteiger partial charge is 0.444 e. The van der Waals surface area contributed by atoms with Gasteiger partial charge in [-0.3, -0.25) is 4.99 Å². The van der Waals surface area contributed by atoms with E-state index >= 15 is 0 Å². The molecule has 1 amide bonds. The fourth-order valence-electron chi connectivity index (χ4n) is 4.55. The first-order chi connectivity index (χ1) is 12.8. The molecule has 3 aliphatic rings. The van der Waals surface area contributed by atoms with Crippen molar-refractivity contribution < 1.29 is 9.53 Å². The van der Waals surface area contributed by atoms with Gasteiger partial charge in [-0.15, -0.1) is 24.0 Å². The molecule has 28 heavy (non-hydrogen) atoms. The molecule has 2 saturated heterocycles. The molecule has 2 heterocycles. The van der Waals surface area contributed by atoms with E-state index in [1.807, 2.05) is 25.7 Å². The molecule has 2 aliphatic heterocycles. The van der Waals surface area contributed by atoms with Gasteiger partial charge in [0, 0.05) is 39.3 Å². The van der Waals surface area contributed by atoms with Crippen LogP contribution < -0.4 is 5.32 Å². The molecule has 0 aromatic carbocycles. The summed E-state index contributed by atoms with van der Waals surface area (Å²) in [6.07, 6.45) is 7.45. The summed E-state index contributed by atoms with van der Waals surface area (Å²) in [5, 5.41) is 3.49. The van der Waals surface area contributed by atoms with Crippen molar-refractivity contribution in [3.05, 3.63) is 0 Å². The second-order valence-electron chi connectivity index (χ2n) is 9.65. The number of likely N-dealkylation sites (tertiary alicyclic amines) is 2. The number of carbonyl (C=O) groups is 1. The Morgan fingerprint density at radius 3 is 2.50 bits per heavy atom. The third kappa shape index (κ3) is 6.13. The van der Waals surface area contributed by atoms with E-state index in [4.69, 9.17) is 9.73 Å². The van der Waals surface area contributed by atoms with Crippen LogP contribution in [-0.4, -0.2) is 66.7 Å². The minimum absolute atomic E-state index is 0. The Hall–Kier alpha value is -0.730. The standard InChI is InChI=1S/C21H38N4O2.HI/c1-5-22-18(25-13-11-21(16-25)9-7-10-21)23-14-17-8-6-12-24(15-17)19(26)27-20(2,3)4;/h17H,5-16H2,1-4H3,(H,22,23);1H. The Kier molecular flexibility index (Phi) is 8.28. The number of rotatable bonds is 3. The minimum Gasteiger partial charge on any atom is -0.444 e. The van der Waals surface area contributed by atoms with Crippen LogP contribution in [0, 0.1) is 11.3 Å². The second kappa shape index (κ2) is 9.85. The second-order valence-corrected chi connectivity index (χ2v) is 9.65. The molecule has 0 aromatic rings. The first-order valence-electron chi connectivity index (χ1n) is 10.8. The molecule has 0 bridgehead atoms. The molecule has 0 radical (unpaired) electrons. The number of nitrogens with zero attached hydrogens (tertiary/aromatic N) is 3. The van der Waals surface area contributed by atoms with Crippen molar-refractivity contribution in [2.75, 3.05) is 39.3 Å². The topological polar surface area (TPSA) is 57.2 Å². The first kappa shape index (κ1) is 23.5. The van der Waals surface area contributed by atoms with Crippen LogP contribution in [0.1, 0.15) is 66.2 Å². The van der Waals surface area contributed by atoms with Gasteiger partial charge in [0.1, 0.15) is 5.60 Å². The summed E-state index contributed by atoms with van der Waals surface area (Å²) in [5.74, 6) is 1.48. The molecule has 1 saturated carbocycles. The van der Waals surface area contributed by atoms with Crippen molar-refractivity contribution in [3.8, 4) is 0 Å². The van der Waals surface area contributed by atoms with E-state index in [-0.39, 0.29) is 30.1 Å². The van der Waals surface area contributed by atoms with E-state index in [1.165, 1.54) is 25.7 Å². The van der Waals surface area contributed by atoms with Crippen LogP contribution in [-0.2, 0) is 4.74 Å². The molecule has 6 nitrogen and oxygen atoms in total. The highest BCUT2D eigenvalue weighted by Crippen LogP contribution is 2.47. The molecule has 1 unspecified atom stereocenters. The van der Waals surface area contributed by atoms with Gasteiger partial charge < -0.3 is 19.9 Å². The third-order valence-electron chi connectivity index (χ3n) is 6.16. The molecule has 162 valence electrons. The van der Waals surface area contributed by atoms with Crippen LogP contribution in [0.25, 0.3) is 0 Å². The number of carbonyl (C=O) groups excluding carboxylic acids is 1. The van der Waals surface area contributed by atoms with Crippen LogP contribution in [0.3, 0.4) is 0 Å². The Bertz CT molecular complexity index is 557. The van der Waals surface area contributed by atoms with E-state index < -0.39 is 5.60 Å². The van der Waals surface area contributed by atoms with Gasteiger partial charge in [-0.25, -0.2) is 4.79 Å². The van der Waals surface area contributed by atoms with Gasteiger partial charge >= 0.3 is 6.09 Å². The lowest BCUT2D eigenvalue weighted by Crippen LogP contribution is -2.45. The van der Waals surface area contributed by atoms with Gasteiger partial charge in [-0.1, -0.05) is 6.42 Å². The molecule has 3 rings (SSSR count). The van der Waals surface area contributed by atoms with Crippen molar-refractivity contribution in [2.45, 2.75) is 71.8 Å². The number of hydrogen-bond acceptors (Lipinski definition) is 3. The third-order valence-corrected chi connectivity index (χ3v) is 6.16. The molecule has 0 aromatic heterocycles. The van der Waals surface area contributed by atoms with Gasteiger partial charge in [0.25, 0.3) is 0 Å². The number of aliphatic imine (C=N–C) groups is 1. The highest BCUT2D eigenvalue weighted by molar-refractivity contribution is 14.0. The molecule has 7 heteroatoms. The van der Waals surface area contributed by atoms with Crippen molar-refractivity contribution in [1.29, 1.82) is 0 Å². The number of guanidine groups is 1. The Balaban J connectivity index is 0.00000280. The summed E-state index contributed by atoms with van der Waals surface area (Å²) >= 11 is 0. The fourth-order valence-corrected chi connectivity index (χ4v) is 4.55. The Morgan fingerprint density at radius 2 is 1.93 bits per heavy atom. The summed E-state index contributed by atoms with van der Waals surface area (Å²) < 4.78 is 5.54. The zero-order valence-electron chi connectivity index (χ0n) is 18.1. The summed E-state index contributed by atoms with van der Waals surface area (Å²) in [6, 6.07) is 0. The summed E-state index contributed by atoms with van der Waals surface area (Å²) in [6.45, 7) is 13.4. The van der Waals surface area contributed by atoms with E-state index in [1.54, 1.807) is 0 Å². The lowest BCUT2D eigenvalue weighted by atomic mass is 9.68. The van der Waals surface area contributed by atoms with Gasteiger partial charge in [0.2, 0.25) is 0 Å². The van der Waals surface area contributed by atoms with Gasteiger partial charge in [-0.05, 0) is 71.1 Å². The summed E-state index contributed by atoms with van der Waals surface area (Å²) in [4.78, 5) is 21.6. The maximum Gasteiger partial charge on any atom is 0.410 e. The number of halogens is 1. The van der Waals surface area contributed by atoms with Crippen LogP contribution in [0.2, 0.25) is 0 Å². The van der Waals surface area contributed by atoms with Crippen molar-refractivity contribution in [1.82, 2.24) is 15.1 Å². The van der Waals surface area contributed by atoms with Crippen molar-refractivity contribution in [2.24, 2.45) is 16.3 Å². The molecule has 1 spiro atoms. The van der Waals surface area contributed by atoms with Gasteiger partial charge in [0.05, 0.1) is 0 Å². The maximum absolute atomic E-state index is 12.4. The van der Waals surface area contributed by atoms with Crippen molar-refractivity contribution >= 4 is 36.0 Å². The highest BCUT2D eigenvalue weighted by atomic mass is 127. The number of ether oxygens (including phenoxy) is 1. The first-order valence-corrected chi connectivity index (χ1v) is 10.8. The predicted molar refractivity (Wildman–Crippen MR) is 124 cm³/mol. The minimum atomic E-state index is -0.437. The van der Waals surface area contributed by atoms with Crippen LogP contribution in [0.4, 0.5) is 4.79 Å². The smallest absolute Gasteiger partial charge is 0.410 e. The lowest BCUT2D eigenvalue weighted by molar-refractivity contribution is 0.0170. The summed E-state index contributed by atoms with van der Waals surface area (Å²) in [5.41, 5.74) is 0.141. The molecule has 1 N–H and O–H groups in total. The molecular weight excluding hydrogens is 467 g/mol. The van der Waals surface area contributed by atoms with Gasteiger partial charge in [-0.2, -0.15) is 0 Å². The number of hydrogen-bond donors (Lipinski definition) is 1. The SMILES string of the molecule is CCNC(=NCC1CCCN(C(=O)OC(C)(C)C)C1)N1CCC2(CCC2)C1.I. The lowest BCUT2D eigenvalue weighted by Gasteiger charge is -2.38. The fraction of sp³-hybridized carbons (Fsp3) is 0.905. The molecule has 1 aliphatic carbocycles. The predicted octanol–water partition coefficient (Wildman–Crippen LogP) is 4.09. The monoisotopic (exact) mass is 506 g/mol. The Labute approximate surface area is 187 Å². The van der Waals surface area contributed by atoms with E-state index in [9.17, 15) is 4.79 Å². The quantitative estimate of drug-likeness (QED) is 0.356. The molecule has 1 atom stereocenters. The van der Waals surface area contributed by atoms with E-state index in [0.29, 0.717) is 11.3 Å². The zero-order chi connectivity index (χ0) is 19.5. The highest BCUT2D eigenvalue weighted by Gasteiger charge is 2.43. The normalized spacial score (nSPS) is 24.6. The average Bonchev–Trinajstić information content (AvgIpc) is 3.03. The zero-order valence-corrected chi connectivity index (χ0v) is 20.5. The van der Waals surface area contributed by atoms with E-state index in [2.05, 4.69) is 17.1 Å². The molecular formula is C21H39IN4O2. The average molecular weight is 506 g/mol. The van der Waals surface area contributed by atoms with Crippen LogP contribution >= 0.6 is 24.0 Å². The Morgan fingerprint density at radius 1 is 1.18 bits per heavy atom. The number of piperidine rings is 1. The van der Waals surface area contributed by atoms with E-state index in [0.717, 1.165) is 58.1 Å².